The van der Waals surface area contributed by atoms with Crippen LogP contribution in [-0.2, 0) is 0 Å². The molecule has 3 aromatic carbocycles. The van der Waals surface area contributed by atoms with Crippen LogP contribution in [0.25, 0.3) is 27.5 Å². The van der Waals surface area contributed by atoms with E-state index in [0.717, 1.165) is 49.3 Å². The summed E-state index contributed by atoms with van der Waals surface area (Å²) in [6, 6.07) is 17.8. The molecule has 0 aliphatic carbocycles. The van der Waals surface area contributed by atoms with Crippen molar-refractivity contribution in [1.29, 1.82) is 0 Å². The van der Waals surface area contributed by atoms with E-state index in [4.69, 9.17) is 0 Å². The van der Waals surface area contributed by atoms with E-state index >= 15 is 0 Å². The Morgan fingerprint density at radius 1 is 0.833 bits per heavy atom. The first kappa shape index (κ1) is 19.5. The first-order valence-corrected chi connectivity index (χ1v) is 11.5. The second kappa shape index (κ2) is 7.36. The van der Waals surface area contributed by atoms with Crippen molar-refractivity contribution >= 4 is 65.5 Å². The van der Waals surface area contributed by atoms with Gasteiger partial charge in [-0.1, -0.05) is 51.3 Å². The third-order valence-corrected chi connectivity index (χ3v) is 6.63. The number of halogens is 2. The number of unbranched alkanes of at least 4 members (excludes halogenated alkanes) is 1. The summed E-state index contributed by atoms with van der Waals surface area (Å²) >= 11 is 7.15. The number of amides is 2. The van der Waals surface area contributed by atoms with Crippen LogP contribution in [0, 0.1) is 0 Å². The molecule has 0 spiro atoms. The zero-order valence-electron chi connectivity index (χ0n) is 16.3. The van der Waals surface area contributed by atoms with Crippen molar-refractivity contribution in [3.63, 3.8) is 0 Å². The van der Waals surface area contributed by atoms with Gasteiger partial charge in [0.1, 0.15) is 0 Å². The Morgan fingerprint density at radius 2 is 1.47 bits per heavy atom. The second-order valence-corrected chi connectivity index (χ2v) is 9.30. The lowest BCUT2D eigenvalue weighted by Crippen LogP contribution is -2.30. The van der Waals surface area contributed by atoms with E-state index in [1.165, 1.54) is 4.90 Å². The quantitative estimate of drug-likeness (QED) is 0.278. The summed E-state index contributed by atoms with van der Waals surface area (Å²) in [5.41, 5.74) is 3.70. The number of hydrogen-bond donors (Lipinski definition) is 0. The van der Waals surface area contributed by atoms with E-state index in [1.807, 2.05) is 36.4 Å². The zero-order valence-corrected chi connectivity index (χ0v) is 19.5. The van der Waals surface area contributed by atoms with E-state index in [2.05, 4.69) is 55.5 Å². The lowest BCUT2D eigenvalue weighted by molar-refractivity contribution is 0.0652. The molecule has 0 fully saturated rings. The fourth-order valence-corrected chi connectivity index (χ4v) is 4.97. The van der Waals surface area contributed by atoms with Gasteiger partial charge in [-0.15, -0.1) is 0 Å². The number of carbonyl (C=O) groups is 2. The number of imide groups is 1. The van der Waals surface area contributed by atoms with Crippen LogP contribution in [0.5, 0.6) is 0 Å². The highest BCUT2D eigenvalue weighted by molar-refractivity contribution is 9.10. The van der Waals surface area contributed by atoms with Gasteiger partial charge in [-0.2, -0.15) is 0 Å². The number of benzene rings is 3. The second-order valence-electron chi connectivity index (χ2n) is 7.47. The Kier molecular flexibility index (Phi) is 4.79. The molecule has 150 valence electrons. The van der Waals surface area contributed by atoms with E-state index < -0.39 is 0 Å². The molecule has 0 bridgehead atoms. The molecular weight excluding hydrogens is 508 g/mol. The van der Waals surface area contributed by atoms with Crippen molar-refractivity contribution in [3.8, 4) is 5.69 Å². The summed E-state index contributed by atoms with van der Waals surface area (Å²) in [5.74, 6) is -0.403. The average molecular weight is 526 g/mol. The van der Waals surface area contributed by atoms with Gasteiger partial charge in [0, 0.05) is 26.3 Å². The standard InChI is InChI=1S/C24H18Br2N2O2/c1-2-3-11-27-23(29)16-5-4-6-21(22(16)24(27)30)28-19-9-7-14(25)12-17(19)18-13-15(26)8-10-20(18)28/h4-10,12-13H,2-3,11H2,1H3. The molecule has 0 saturated heterocycles. The van der Waals surface area contributed by atoms with Crippen molar-refractivity contribution in [2.75, 3.05) is 6.54 Å². The van der Waals surface area contributed by atoms with Gasteiger partial charge < -0.3 is 4.57 Å². The molecule has 5 rings (SSSR count). The number of hydrogen-bond acceptors (Lipinski definition) is 2. The van der Waals surface area contributed by atoms with E-state index in [-0.39, 0.29) is 11.8 Å². The molecule has 0 atom stereocenters. The summed E-state index contributed by atoms with van der Waals surface area (Å²) in [4.78, 5) is 27.6. The molecular formula is C24H18Br2N2O2. The number of aromatic nitrogens is 1. The maximum absolute atomic E-state index is 13.3. The molecule has 6 heteroatoms. The third-order valence-electron chi connectivity index (χ3n) is 5.64. The van der Waals surface area contributed by atoms with Crippen LogP contribution in [0.3, 0.4) is 0 Å². The maximum atomic E-state index is 13.3. The molecule has 0 unspecified atom stereocenters. The van der Waals surface area contributed by atoms with Gasteiger partial charge in [0.25, 0.3) is 11.8 Å². The van der Waals surface area contributed by atoms with Gasteiger partial charge in [-0.05, 0) is 55.0 Å². The zero-order chi connectivity index (χ0) is 21.0. The van der Waals surface area contributed by atoms with Crippen molar-refractivity contribution in [1.82, 2.24) is 9.47 Å². The molecule has 1 aromatic heterocycles. The minimum atomic E-state index is -0.205. The largest absolute Gasteiger partial charge is 0.308 e. The third kappa shape index (κ3) is 2.85. The van der Waals surface area contributed by atoms with E-state index in [0.29, 0.717) is 17.7 Å². The highest BCUT2D eigenvalue weighted by Gasteiger charge is 2.37. The van der Waals surface area contributed by atoms with Gasteiger partial charge in [0.2, 0.25) is 0 Å². The summed E-state index contributed by atoms with van der Waals surface area (Å²) < 4.78 is 4.07. The van der Waals surface area contributed by atoms with Crippen LogP contribution in [0.4, 0.5) is 0 Å². The van der Waals surface area contributed by atoms with Crippen LogP contribution in [-0.4, -0.2) is 27.8 Å². The fourth-order valence-electron chi connectivity index (χ4n) is 4.25. The Morgan fingerprint density at radius 3 is 2.07 bits per heavy atom. The van der Waals surface area contributed by atoms with Crippen LogP contribution in [0.2, 0.25) is 0 Å². The van der Waals surface area contributed by atoms with Crippen LogP contribution in [0.15, 0.2) is 63.5 Å². The van der Waals surface area contributed by atoms with E-state index in [9.17, 15) is 9.59 Å². The van der Waals surface area contributed by atoms with Crippen molar-refractivity contribution in [2.45, 2.75) is 19.8 Å². The normalized spacial score (nSPS) is 13.6. The topological polar surface area (TPSA) is 42.3 Å². The van der Waals surface area contributed by atoms with Gasteiger partial charge in [0.05, 0.1) is 27.8 Å². The van der Waals surface area contributed by atoms with Crippen LogP contribution >= 0.6 is 31.9 Å². The lowest BCUT2D eigenvalue weighted by atomic mass is 10.1. The Labute approximate surface area is 190 Å². The molecule has 4 aromatic rings. The first-order chi connectivity index (χ1) is 14.5. The molecule has 0 N–H and O–H groups in total. The number of fused-ring (bicyclic) bond motifs is 4. The molecule has 2 amide bonds. The smallest absolute Gasteiger partial charge is 0.263 e. The Hall–Kier alpha value is -2.44. The highest BCUT2D eigenvalue weighted by atomic mass is 79.9. The molecule has 1 aliphatic heterocycles. The van der Waals surface area contributed by atoms with E-state index in [1.54, 1.807) is 6.07 Å². The first-order valence-electron chi connectivity index (χ1n) is 9.90. The van der Waals surface area contributed by atoms with Gasteiger partial charge in [0.15, 0.2) is 0 Å². The predicted molar refractivity (Wildman–Crippen MR) is 126 cm³/mol. The SMILES string of the molecule is CCCCN1C(=O)c2cccc(-n3c4ccc(Br)cc4c4cc(Br)ccc43)c2C1=O. The minimum absolute atomic E-state index is 0.198. The lowest BCUT2D eigenvalue weighted by Gasteiger charge is -2.14. The summed E-state index contributed by atoms with van der Waals surface area (Å²) in [5, 5.41) is 2.16. The molecule has 0 saturated carbocycles. The highest BCUT2D eigenvalue weighted by Crippen LogP contribution is 2.38. The molecule has 1 aliphatic rings. The van der Waals surface area contributed by atoms with Gasteiger partial charge in [-0.3, -0.25) is 14.5 Å². The predicted octanol–water partition coefficient (Wildman–Crippen LogP) is 6.70. The molecule has 30 heavy (non-hydrogen) atoms. The minimum Gasteiger partial charge on any atom is -0.308 e. The number of carbonyl (C=O) groups excluding carboxylic acids is 2. The van der Waals surface area contributed by atoms with Crippen LogP contribution in [0.1, 0.15) is 40.5 Å². The maximum Gasteiger partial charge on any atom is 0.263 e. The summed E-state index contributed by atoms with van der Waals surface area (Å²) in [6.07, 6.45) is 1.73. The van der Waals surface area contributed by atoms with Gasteiger partial charge in [-0.25, -0.2) is 0 Å². The van der Waals surface area contributed by atoms with Gasteiger partial charge >= 0.3 is 0 Å². The molecule has 4 nitrogen and oxygen atoms in total. The monoisotopic (exact) mass is 524 g/mol. The average Bonchev–Trinajstić information content (AvgIpc) is 3.18. The molecule has 2 heterocycles. The Balaban J connectivity index is 1.82. The summed E-state index contributed by atoms with van der Waals surface area (Å²) in [6.45, 7) is 2.51. The number of nitrogens with zero attached hydrogens (tertiary/aromatic N) is 2. The summed E-state index contributed by atoms with van der Waals surface area (Å²) in [7, 11) is 0. The fraction of sp³-hybridized carbons (Fsp3) is 0.167. The van der Waals surface area contributed by atoms with Crippen molar-refractivity contribution in [3.05, 3.63) is 74.7 Å². The number of rotatable bonds is 4. The molecule has 0 radical (unpaired) electrons. The van der Waals surface area contributed by atoms with Crippen molar-refractivity contribution in [2.24, 2.45) is 0 Å². The Bertz CT molecular complexity index is 1300. The van der Waals surface area contributed by atoms with Crippen molar-refractivity contribution < 1.29 is 9.59 Å². The van der Waals surface area contributed by atoms with Crippen LogP contribution < -0.4 is 0 Å².